The number of alkyl halides is 2. The summed E-state index contributed by atoms with van der Waals surface area (Å²) in [4.78, 5) is 80.0. The lowest BCUT2D eigenvalue weighted by Crippen LogP contribution is -2.36. The van der Waals surface area contributed by atoms with Crippen LogP contribution < -0.4 is 15.9 Å². The second-order valence-corrected chi connectivity index (χ2v) is 20.2. The number of aromatic nitrogens is 3. The van der Waals surface area contributed by atoms with Crippen LogP contribution in [-0.4, -0.2) is 128 Å². The number of Topliss-reactive ketones (excluding diaryl/α,β-unsaturated/α-hetero) is 2. The van der Waals surface area contributed by atoms with Gasteiger partial charge >= 0.3 is 37.0 Å². The van der Waals surface area contributed by atoms with Gasteiger partial charge in [0.1, 0.15) is 28.7 Å². The van der Waals surface area contributed by atoms with E-state index in [1.165, 1.54) is 20.0 Å². The molecule has 0 aliphatic heterocycles. The van der Waals surface area contributed by atoms with Crippen LogP contribution in [-0.2, 0) is 42.6 Å². The summed E-state index contributed by atoms with van der Waals surface area (Å²) in [6.45, 7) is 29.2. The zero-order chi connectivity index (χ0) is 62.5. The highest BCUT2D eigenvalue weighted by Crippen LogP contribution is 2.39. The molecule has 77 heavy (non-hydrogen) atoms. The van der Waals surface area contributed by atoms with Gasteiger partial charge in [-0.1, -0.05) is 53.7 Å². The monoisotopic (exact) mass is 1130 g/mol. The van der Waals surface area contributed by atoms with Crippen LogP contribution in [0.15, 0.2) is 29.1 Å². The highest BCUT2D eigenvalue weighted by molar-refractivity contribution is 7.53. The van der Waals surface area contributed by atoms with Gasteiger partial charge in [0.15, 0.2) is 0 Å². The van der Waals surface area contributed by atoms with Crippen LogP contribution >= 0.6 is 19.2 Å². The first-order valence-electron chi connectivity index (χ1n) is 25.0. The molecule has 5 N–H and O–H groups in total. The van der Waals surface area contributed by atoms with Crippen molar-refractivity contribution >= 4 is 65.5 Å². The Kier molecular flexibility index (Phi) is 48.8. The van der Waals surface area contributed by atoms with Crippen LogP contribution in [0.25, 0.3) is 10.9 Å². The van der Waals surface area contributed by atoms with Crippen molar-refractivity contribution in [3.8, 4) is 49.4 Å². The predicted octanol–water partition coefficient (Wildman–Crippen LogP) is 8.71. The maximum Gasteiger partial charge on any atom is 0.397 e. The van der Waals surface area contributed by atoms with Crippen molar-refractivity contribution in [3.05, 3.63) is 34.6 Å². The fourth-order valence-corrected chi connectivity index (χ4v) is 6.30. The standard InChI is InChI=1S/C14H22O3.C10H12N3O4P.C10H14O3.C8H19N.C6H8O2.C5H7NO2.CH3Cl.CH3F/c1-7-8-10(2)12(15)9-11(3)13(16)17-14(4,5)6;1-3-16-18(2,15)17-13-10(14)8-6-4-5-7-9(8)11-12-13;1-4-5-7(2)9(11)6-8(3)10(12)13;1-6-9(7(2)3)8(4)5;1-3-4-5(2)6(7)8;1-2-3-4(6)5(7)8;2*1-2/h1,10-11H,8-9H2,2-6H3;4-7H,3H2,1-2H3;1,7-8H,5-6H2,2-3H3,(H,12,13);7-8H,6H2,1-5H3;1,5H,4H2,2H3,(H,7,8);1,4H,3,6H2,(H,7,8);2*1H3/t10-,11+;;7-,8+;;5-;4-;;/m0.0.00../s1/i;;;;;;;1D. The van der Waals surface area contributed by atoms with Gasteiger partial charge in [-0.15, -0.1) is 66.1 Å². The lowest BCUT2D eigenvalue weighted by atomic mass is 9.94. The summed E-state index contributed by atoms with van der Waals surface area (Å²) in [5.74, 6) is 4.17. The molecule has 1 aromatic heterocycles. The Bertz CT molecular complexity index is 2300. The SMILES string of the molecule is C#CC[C@H](C)C(=O)C[C@@H](C)C(=O)O.C#CC[C@H](C)C(=O)C[C@@H](C)C(=O)OC(C)(C)C.C#CC[C@H](C)C(=O)O.C#CC[C@H](N)C(=O)O.CCN(C(C)C)C(C)C.CCOP(C)(=O)On1nnc2ccccc2c1=O.CCl.[2H]CF. The van der Waals surface area contributed by atoms with Crippen molar-refractivity contribution in [2.24, 2.45) is 35.3 Å². The molecule has 1 unspecified atom stereocenters. The third-order valence-corrected chi connectivity index (χ3v) is 10.7. The van der Waals surface area contributed by atoms with Gasteiger partial charge in [0.05, 0.1) is 44.9 Å². The number of halogens is 2. The largest absolute Gasteiger partial charge is 0.481 e. The van der Waals surface area contributed by atoms with Crippen molar-refractivity contribution in [1.82, 2.24) is 20.1 Å². The van der Waals surface area contributed by atoms with E-state index in [9.17, 15) is 42.5 Å². The molecule has 0 saturated heterocycles. The first kappa shape index (κ1) is 79.7. The molecule has 2 rings (SSSR count). The summed E-state index contributed by atoms with van der Waals surface area (Å²) in [5, 5.41) is 32.5. The van der Waals surface area contributed by atoms with Gasteiger partial charge in [0, 0.05) is 68.8 Å². The lowest BCUT2D eigenvalue weighted by molar-refractivity contribution is -0.160. The van der Waals surface area contributed by atoms with Gasteiger partial charge in [0.25, 0.3) is 0 Å². The predicted molar refractivity (Wildman–Crippen MR) is 303 cm³/mol. The molecule has 0 fully saturated rings. The molecule has 0 amide bonds. The number of carbonyl (C=O) groups excluding carboxylic acids is 3. The van der Waals surface area contributed by atoms with Gasteiger partial charge in [-0.05, 0) is 84.1 Å². The number of rotatable bonds is 21. The molecule has 22 heteroatoms. The molecular weight excluding hydrogens is 1040 g/mol. The number of nitrogens with two attached hydrogens (primary N) is 1. The maximum atomic E-state index is 12.0. The average Bonchev–Trinajstić information content (AvgIpc) is 3.34. The maximum absolute atomic E-state index is 12.0. The van der Waals surface area contributed by atoms with Gasteiger partial charge in [0.2, 0.25) is 0 Å². The number of hydrogen-bond donors (Lipinski definition) is 4. The number of esters is 1. The molecule has 2 aromatic rings. The third kappa shape index (κ3) is 43.7. The Hall–Kier alpha value is -6.12. The zero-order valence-corrected chi connectivity index (χ0v) is 49.7. The minimum absolute atomic E-state index is 0.0151. The fourth-order valence-electron chi connectivity index (χ4n) is 5.39. The Morgan fingerprint density at radius 2 is 1.17 bits per heavy atom. The van der Waals surface area contributed by atoms with Crippen molar-refractivity contribution in [2.45, 2.75) is 159 Å². The highest BCUT2D eigenvalue weighted by atomic mass is 35.5. The molecular formula is C55H88ClFN5O14P. The second kappa shape index (κ2) is 47.1. The number of fused-ring (bicyclic) bond motifs is 1. The molecule has 19 nitrogen and oxygen atoms in total. The van der Waals surface area contributed by atoms with Gasteiger partial charge in [-0.25, -0.2) is 4.57 Å². The van der Waals surface area contributed by atoms with E-state index in [1.54, 1.807) is 79.7 Å². The average molecular weight is 1130 g/mol. The normalized spacial score (nSPS) is 13.2. The Balaban J connectivity index is -0.000000201. The van der Waals surface area contributed by atoms with E-state index >= 15 is 0 Å². The molecule has 7 atom stereocenters. The second-order valence-electron chi connectivity index (χ2n) is 18.2. The van der Waals surface area contributed by atoms with E-state index in [4.69, 9.17) is 62.0 Å². The summed E-state index contributed by atoms with van der Waals surface area (Å²) in [6, 6.07) is 7.16. The third-order valence-electron chi connectivity index (χ3n) is 9.52. The van der Waals surface area contributed by atoms with Crippen LogP contribution in [0.1, 0.15) is 137 Å². The molecule has 0 aliphatic rings. The van der Waals surface area contributed by atoms with Crippen molar-refractivity contribution in [2.75, 3.05) is 33.4 Å². The van der Waals surface area contributed by atoms with Gasteiger partial charge in [-0.3, -0.25) is 47.4 Å². The molecule has 1 aromatic carbocycles. The van der Waals surface area contributed by atoms with Crippen molar-refractivity contribution in [1.29, 1.82) is 0 Å². The summed E-state index contributed by atoms with van der Waals surface area (Å²) >= 11 is 4.64. The molecule has 436 valence electrons. The van der Waals surface area contributed by atoms with Crippen LogP contribution in [0.5, 0.6) is 0 Å². The number of carboxylic acids is 3. The topological polar surface area (TPSA) is 285 Å². The lowest BCUT2D eigenvalue weighted by Gasteiger charge is -2.28. The summed E-state index contributed by atoms with van der Waals surface area (Å²) in [6.07, 6.45) is 22.8. The number of carboxylic acid groups (broad SMARTS) is 3. The van der Waals surface area contributed by atoms with Crippen LogP contribution in [0.2, 0.25) is 0 Å². The number of carbonyl (C=O) groups is 6. The number of ketones is 2. The molecule has 0 saturated carbocycles. The minimum atomic E-state index is -3.36. The molecule has 0 spiro atoms. The quantitative estimate of drug-likeness (QED) is 0.0393. The van der Waals surface area contributed by atoms with Gasteiger partial charge < -0.3 is 30.4 Å². The van der Waals surface area contributed by atoms with E-state index in [0.717, 1.165) is 6.54 Å². The molecule has 0 bridgehead atoms. The smallest absolute Gasteiger partial charge is 0.397 e. The van der Waals surface area contributed by atoms with Crippen LogP contribution in [0, 0.1) is 79.0 Å². The number of nitrogens with zero attached hydrogens (tertiary/aromatic N) is 4. The summed E-state index contributed by atoms with van der Waals surface area (Å²) < 4.78 is 42.4. The Labute approximate surface area is 464 Å². The van der Waals surface area contributed by atoms with E-state index in [1.807, 2.05) is 0 Å². The van der Waals surface area contributed by atoms with E-state index in [-0.39, 0.29) is 55.2 Å². The minimum Gasteiger partial charge on any atom is -0.481 e. The number of ether oxygens (including phenoxy) is 1. The van der Waals surface area contributed by atoms with Crippen LogP contribution in [0.4, 0.5) is 4.39 Å². The highest BCUT2D eigenvalue weighted by Gasteiger charge is 2.26. The first-order valence-corrected chi connectivity index (χ1v) is 27.0. The number of terminal acetylenes is 4. The number of hydrogen-bond acceptors (Lipinski definition) is 15. The van der Waals surface area contributed by atoms with Crippen molar-refractivity contribution in [3.63, 3.8) is 0 Å². The number of aliphatic carboxylic acids is 3. The molecule has 1 heterocycles. The van der Waals surface area contributed by atoms with E-state index < -0.39 is 67.6 Å². The van der Waals surface area contributed by atoms with Crippen LogP contribution in [0.3, 0.4) is 0 Å². The van der Waals surface area contributed by atoms with Gasteiger partial charge in [-0.2, -0.15) is 0 Å². The Morgan fingerprint density at radius 3 is 1.48 bits per heavy atom. The molecule has 0 radical (unpaired) electrons. The number of benzene rings is 1. The zero-order valence-electron chi connectivity index (χ0n) is 49.0. The molecule has 0 aliphatic carbocycles. The van der Waals surface area contributed by atoms with Crippen molar-refractivity contribution < 1.29 is 68.3 Å². The first-order chi connectivity index (χ1) is 36.1. The van der Waals surface area contributed by atoms with E-state index in [2.05, 4.69) is 85.1 Å². The van der Waals surface area contributed by atoms with E-state index in [0.29, 0.717) is 47.1 Å². The summed E-state index contributed by atoms with van der Waals surface area (Å²) in [7, 11) is -4.36. The fraction of sp³-hybridized carbons (Fsp3) is 0.618. The summed E-state index contributed by atoms with van der Waals surface area (Å²) in [5.41, 5.74) is 4.39. The Morgan fingerprint density at radius 1 is 0.766 bits per heavy atom.